The Labute approximate surface area is 92.5 Å². The molecular weight excluding hydrogens is 202 g/mol. The average Bonchev–Trinajstić information content (AvgIpc) is 1.83. The average molecular weight is 224 g/mol. The molecule has 14 heavy (non-hydrogen) atoms. The van der Waals surface area contributed by atoms with Crippen LogP contribution in [0.25, 0.3) is 0 Å². The Kier molecular flexibility index (Phi) is 5.76. The first kappa shape index (κ1) is 16.2. The van der Waals surface area contributed by atoms with Gasteiger partial charge in [0.1, 0.15) is 6.04 Å². The number of hydrogen-bond donors (Lipinski definition) is 2. The number of carboxylic acids is 1. The van der Waals surface area contributed by atoms with Crippen LogP contribution in [0.5, 0.6) is 0 Å². The van der Waals surface area contributed by atoms with Crippen LogP contribution in [0.1, 0.15) is 41.0 Å². The van der Waals surface area contributed by atoms with Gasteiger partial charge in [0.15, 0.2) is 0 Å². The molecule has 1 atom stereocenters. The van der Waals surface area contributed by atoms with Crippen LogP contribution in [0.3, 0.4) is 0 Å². The third-order valence-electron chi connectivity index (χ3n) is 3.08. The number of aliphatic carboxylic acids is 1. The van der Waals surface area contributed by atoms with Crippen molar-refractivity contribution in [1.29, 1.82) is 0 Å². The zero-order valence-corrected chi connectivity index (χ0v) is 10.4. The van der Waals surface area contributed by atoms with Crippen molar-refractivity contribution in [3.05, 3.63) is 0 Å². The Hall–Kier alpha value is -0.280. The van der Waals surface area contributed by atoms with Crippen LogP contribution in [0.15, 0.2) is 0 Å². The van der Waals surface area contributed by atoms with Gasteiger partial charge in [0.2, 0.25) is 0 Å². The zero-order chi connectivity index (χ0) is 10.9. The fourth-order valence-electron chi connectivity index (χ4n) is 0.943. The van der Waals surface area contributed by atoms with E-state index in [1.54, 1.807) is 0 Å². The fraction of sp³-hybridized carbons (Fsp3) is 0.900. The van der Waals surface area contributed by atoms with Crippen molar-refractivity contribution < 1.29 is 9.90 Å². The molecule has 4 heteroatoms. The lowest BCUT2D eigenvalue weighted by Gasteiger charge is -2.39. The first-order chi connectivity index (χ1) is 5.58. The van der Waals surface area contributed by atoms with Crippen molar-refractivity contribution in [3.8, 4) is 0 Å². The number of nitrogens with two attached hydrogens (primary N) is 1. The molecule has 0 saturated heterocycles. The molecule has 0 heterocycles. The van der Waals surface area contributed by atoms with Gasteiger partial charge < -0.3 is 10.8 Å². The van der Waals surface area contributed by atoms with E-state index in [2.05, 4.69) is 34.6 Å². The quantitative estimate of drug-likeness (QED) is 0.772. The minimum atomic E-state index is -0.919. The molecule has 0 aliphatic rings. The van der Waals surface area contributed by atoms with Crippen molar-refractivity contribution in [1.82, 2.24) is 0 Å². The van der Waals surface area contributed by atoms with E-state index in [4.69, 9.17) is 10.8 Å². The molecule has 0 amide bonds. The number of carbonyl (C=O) groups is 1. The second-order valence-electron chi connectivity index (χ2n) is 5.28. The van der Waals surface area contributed by atoms with Gasteiger partial charge in [-0.25, -0.2) is 0 Å². The van der Waals surface area contributed by atoms with E-state index >= 15 is 0 Å². The molecule has 0 saturated carbocycles. The maximum atomic E-state index is 10.6. The number of hydrogen-bond acceptors (Lipinski definition) is 2. The normalized spacial score (nSPS) is 14.4. The molecule has 3 N–H and O–H groups in total. The highest BCUT2D eigenvalue weighted by Gasteiger charge is 2.35. The summed E-state index contributed by atoms with van der Waals surface area (Å²) in [7, 11) is 0. The van der Waals surface area contributed by atoms with Gasteiger partial charge in [-0.2, -0.15) is 0 Å². The van der Waals surface area contributed by atoms with E-state index in [1.165, 1.54) is 0 Å². The van der Waals surface area contributed by atoms with Crippen LogP contribution < -0.4 is 5.73 Å². The van der Waals surface area contributed by atoms with Crippen LogP contribution in [-0.2, 0) is 4.79 Å². The molecular formula is C10H22ClNO2. The summed E-state index contributed by atoms with van der Waals surface area (Å²) in [6, 6.07) is -0.755. The first-order valence-corrected chi connectivity index (χ1v) is 4.56. The predicted molar refractivity (Wildman–Crippen MR) is 60.7 cm³/mol. The number of rotatable bonds is 3. The maximum absolute atomic E-state index is 10.6. The van der Waals surface area contributed by atoms with E-state index in [1.807, 2.05) is 0 Å². The lowest BCUT2D eigenvalue weighted by atomic mass is 9.66. The van der Waals surface area contributed by atoms with Gasteiger partial charge in [0, 0.05) is 0 Å². The molecule has 0 spiro atoms. The van der Waals surface area contributed by atoms with E-state index in [0.717, 1.165) is 0 Å². The molecule has 3 nitrogen and oxygen atoms in total. The third kappa shape index (κ3) is 4.29. The topological polar surface area (TPSA) is 63.3 Å². The molecule has 86 valence electrons. The lowest BCUT2D eigenvalue weighted by Crippen LogP contribution is -2.40. The number of carboxylic acid groups (broad SMARTS) is 1. The maximum Gasteiger partial charge on any atom is 0.320 e. The van der Waals surface area contributed by atoms with Gasteiger partial charge in [0.25, 0.3) is 0 Å². The second-order valence-corrected chi connectivity index (χ2v) is 5.28. The highest BCUT2D eigenvalue weighted by molar-refractivity contribution is 5.85. The smallest absolute Gasteiger partial charge is 0.320 e. The molecule has 1 unspecified atom stereocenters. The van der Waals surface area contributed by atoms with Crippen molar-refractivity contribution >= 4 is 18.4 Å². The first-order valence-electron chi connectivity index (χ1n) is 4.56. The molecule has 0 aliphatic heterocycles. The SMILES string of the molecule is CC(C)(C)C(C)(C)CC(N)C(=O)O.Cl. The highest BCUT2D eigenvalue weighted by atomic mass is 35.5. The monoisotopic (exact) mass is 223 g/mol. The Morgan fingerprint density at radius 3 is 1.86 bits per heavy atom. The van der Waals surface area contributed by atoms with Crippen LogP contribution in [0.4, 0.5) is 0 Å². The second kappa shape index (κ2) is 4.99. The summed E-state index contributed by atoms with van der Waals surface area (Å²) in [6.07, 6.45) is 0.506. The summed E-state index contributed by atoms with van der Waals surface area (Å²) in [5.41, 5.74) is 5.50. The largest absolute Gasteiger partial charge is 0.480 e. The van der Waals surface area contributed by atoms with Gasteiger partial charge in [0.05, 0.1) is 0 Å². The molecule has 0 radical (unpaired) electrons. The van der Waals surface area contributed by atoms with Gasteiger partial charge in [-0.1, -0.05) is 34.6 Å². The Balaban J connectivity index is 0. The minimum Gasteiger partial charge on any atom is -0.480 e. The minimum absolute atomic E-state index is 0. The van der Waals surface area contributed by atoms with Crippen LogP contribution >= 0.6 is 12.4 Å². The summed E-state index contributed by atoms with van der Waals surface area (Å²) < 4.78 is 0. The lowest BCUT2D eigenvalue weighted by molar-refractivity contribution is -0.139. The van der Waals surface area contributed by atoms with Crippen molar-refractivity contribution in [3.63, 3.8) is 0 Å². The van der Waals surface area contributed by atoms with E-state index in [9.17, 15) is 4.79 Å². The molecule has 0 rings (SSSR count). The van der Waals surface area contributed by atoms with Crippen molar-refractivity contribution in [2.75, 3.05) is 0 Å². The predicted octanol–water partition coefficient (Wildman–Crippen LogP) is 2.28. The van der Waals surface area contributed by atoms with Crippen molar-refractivity contribution in [2.24, 2.45) is 16.6 Å². The van der Waals surface area contributed by atoms with Gasteiger partial charge in [-0.05, 0) is 17.3 Å². The summed E-state index contributed by atoms with van der Waals surface area (Å²) in [5.74, 6) is -0.919. The van der Waals surface area contributed by atoms with Crippen LogP contribution in [0, 0.1) is 10.8 Å². The van der Waals surface area contributed by atoms with Gasteiger partial charge in [-0.3, -0.25) is 4.79 Å². The number of halogens is 1. The zero-order valence-electron chi connectivity index (χ0n) is 9.63. The van der Waals surface area contributed by atoms with Crippen LogP contribution in [0.2, 0.25) is 0 Å². The Bertz CT molecular complexity index is 197. The van der Waals surface area contributed by atoms with Crippen molar-refractivity contribution in [2.45, 2.75) is 47.1 Å². The third-order valence-corrected chi connectivity index (χ3v) is 3.08. The van der Waals surface area contributed by atoms with Gasteiger partial charge in [-0.15, -0.1) is 12.4 Å². The van der Waals surface area contributed by atoms with E-state index < -0.39 is 12.0 Å². The van der Waals surface area contributed by atoms with E-state index in [-0.39, 0.29) is 23.2 Å². The fourth-order valence-corrected chi connectivity index (χ4v) is 0.943. The summed E-state index contributed by atoms with van der Waals surface area (Å²) in [6.45, 7) is 10.4. The molecule has 0 aromatic rings. The summed E-state index contributed by atoms with van der Waals surface area (Å²) in [5, 5.41) is 8.69. The molecule has 0 aliphatic carbocycles. The Morgan fingerprint density at radius 1 is 1.29 bits per heavy atom. The summed E-state index contributed by atoms with van der Waals surface area (Å²) in [4.78, 5) is 10.6. The Morgan fingerprint density at radius 2 is 1.64 bits per heavy atom. The molecule has 0 fully saturated rings. The molecule has 0 bridgehead atoms. The highest BCUT2D eigenvalue weighted by Crippen LogP contribution is 2.41. The molecule has 0 aromatic carbocycles. The van der Waals surface area contributed by atoms with E-state index in [0.29, 0.717) is 6.42 Å². The molecule has 0 aromatic heterocycles. The van der Waals surface area contributed by atoms with Crippen LogP contribution in [-0.4, -0.2) is 17.1 Å². The standard InChI is InChI=1S/C10H21NO2.ClH/c1-9(2,3)10(4,5)6-7(11)8(12)13;/h7H,6,11H2,1-5H3,(H,12,13);1H. The van der Waals surface area contributed by atoms with Gasteiger partial charge >= 0.3 is 5.97 Å². The summed E-state index contributed by atoms with van der Waals surface area (Å²) >= 11 is 0.